The number of hydrogen-bond donors (Lipinski definition) is 2. The van der Waals surface area contributed by atoms with Gasteiger partial charge < -0.3 is 20.1 Å². The Labute approximate surface area is 143 Å². The molecule has 2 aliphatic heterocycles. The lowest BCUT2D eigenvalue weighted by Gasteiger charge is -2.33. The Morgan fingerprint density at radius 2 is 2.04 bits per heavy atom. The quantitative estimate of drug-likeness (QED) is 0.861. The van der Waals surface area contributed by atoms with E-state index in [9.17, 15) is 4.79 Å². The van der Waals surface area contributed by atoms with Crippen molar-refractivity contribution < 1.29 is 14.3 Å². The van der Waals surface area contributed by atoms with Crippen LogP contribution in [-0.4, -0.2) is 32.3 Å². The Hall–Kier alpha value is -1.46. The van der Waals surface area contributed by atoms with E-state index < -0.39 is 0 Å². The van der Waals surface area contributed by atoms with Crippen molar-refractivity contribution in [3.63, 3.8) is 0 Å². The van der Waals surface area contributed by atoms with Crippen LogP contribution in [0.5, 0.6) is 11.5 Å². The summed E-state index contributed by atoms with van der Waals surface area (Å²) in [5.41, 5.74) is 0.976. The Balaban J connectivity index is 0.00000192. The molecule has 2 heterocycles. The zero-order valence-corrected chi connectivity index (χ0v) is 14.7. The first kappa shape index (κ1) is 17.9. The molecule has 0 saturated carbocycles. The van der Waals surface area contributed by atoms with E-state index in [1.54, 1.807) is 0 Å². The molecule has 1 atom stereocenters. The molecule has 0 aliphatic carbocycles. The van der Waals surface area contributed by atoms with Crippen molar-refractivity contribution >= 4 is 18.3 Å². The predicted octanol–water partition coefficient (Wildman–Crippen LogP) is 2.09. The Bertz CT molecular complexity index is 573. The Morgan fingerprint density at radius 1 is 1.35 bits per heavy atom. The minimum atomic E-state index is -0.159. The van der Waals surface area contributed by atoms with Crippen molar-refractivity contribution in [1.82, 2.24) is 10.6 Å². The molecule has 5 nitrogen and oxygen atoms in total. The van der Waals surface area contributed by atoms with Gasteiger partial charge in [0.25, 0.3) is 0 Å². The van der Waals surface area contributed by atoms with E-state index in [1.807, 2.05) is 25.1 Å². The standard InChI is InChI=1S/C17H24N2O3.ClH/c1-11(12-7-18-8-12)16(20)19-9-17(2,3)13-4-5-14-15(6-13)22-10-21-14;/h4-6,11-12,18H,7-10H2,1-3H3,(H,19,20);1H. The van der Waals surface area contributed by atoms with Crippen LogP contribution in [-0.2, 0) is 10.2 Å². The highest BCUT2D eigenvalue weighted by molar-refractivity contribution is 5.85. The van der Waals surface area contributed by atoms with Gasteiger partial charge in [-0.25, -0.2) is 0 Å². The molecular weight excluding hydrogens is 316 g/mol. The molecule has 2 aliphatic rings. The van der Waals surface area contributed by atoms with Gasteiger partial charge in [0.2, 0.25) is 12.7 Å². The number of nitrogens with one attached hydrogen (secondary N) is 2. The molecule has 1 saturated heterocycles. The molecule has 0 aromatic heterocycles. The molecule has 2 N–H and O–H groups in total. The molecule has 0 spiro atoms. The summed E-state index contributed by atoms with van der Waals surface area (Å²) in [6.07, 6.45) is 0. The van der Waals surface area contributed by atoms with Gasteiger partial charge >= 0.3 is 0 Å². The minimum absolute atomic E-state index is 0. The fourth-order valence-corrected chi connectivity index (χ4v) is 2.77. The number of benzene rings is 1. The van der Waals surface area contributed by atoms with Gasteiger partial charge in [0.15, 0.2) is 11.5 Å². The van der Waals surface area contributed by atoms with Gasteiger partial charge in [0.05, 0.1) is 0 Å². The Kier molecular flexibility index (Phi) is 5.42. The van der Waals surface area contributed by atoms with Crippen molar-refractivity contribution in [2.45, 2.75) is 26.2 Å². The molecular formula is C17H25ClN2O3. The lowest BCUT2D eigenvalue weighted by molar-refractivity contribution is -0.126. The summed E-state index contributed by atoms with van der Waals surface area (Å²) in [5.74, 6) is 2.24. The smallest absolute Gasteiger partial charge is 0.231 e. The lowest BCUT2D eigenvalue weighted by atomic mass is 9.83. The molecule has 128 valence electrons. The van der Waals surface area contributed by atoms with Gasteiger partial charge in [-0.15, -0.1) is 12.4 Å². The van der Waals surface area contributed by atoms with Crippen LogP contribution in [0, 0.1) is 11.8 Å². The van der Waals surface area contributed by atoms with E-state index >= 15 is 0 Å². The van der Waals surface area contributed by atoms with Crippen molar-refractivity contribution in [2.75, 3.05) is 26.4 Å². The molecule has 1 aromatic rings. The fraction of sp³-hybridized carbons (Fsp3) is 0.588. The summed E-state index contributed by atoms with van der Waals surface area (Å²) in [4.78, 5) is 12.3. The monoisotopic (exact) mass is 340 g/mol. The maximum atomic E-state index is 12.3. The number of carbonyl (C=O) groups is 1. The largest absolute Gasteiger partial charge is 0.454 e. The molecule has 1 amide bonds. The predicted molar refractivity (Wildman–Crippen MR) is 91.4 cm³/mol. The van der Waals surface area contributed by atoms with E-state index in [2.05, 4.69) is 24.5 Å². The van der Waals surface area contributed by atoms with Crippen molar-refractivity contribution in [2.24, 2.45) is 11.8 Å². The second-order valence-corrected chi connectivity index (χ2v) is 6.88. The molecule has 1 unspecified atom stereocenters. The van der Waals surface area contributed by atoms with E-state index in [-0.39, 0.29) is 36.4 Å². The van der Waals surface area contributed by atoms with E-state index in [4.69, 9.17) is 9.47 Å². The van der Waals surface area contributed by atoms with Crippen LogP contribution in [0.2, 0.25) is 0 Å². The third-order valence-corrected chi connectivity index (χ3v) is 4.79. The molecule has 1 aromatic carbocycles. The molecule has 23 heavy (non-hydrogen) atoms. The number of halogens is 1. The van der Waals surface area contributed by atoms with Gasteiger partial charge in [0, 0.05) is 17.9 Å². The fourth-order valence-electron chi connectivity index (χ4n) is 2.77. The number of carbonyl (C=O) groups excluding carboxylic acids is 1. The second kappa shape index (κ2) is 6.97. The average Bonchev–Trinajstić information content (AvgIpc) is 2.90. The van der Waals surface area contributed by atoms with Gasteiger partial charge in [-0.3, -0.25) is 4.79 Å². The van der Waals surface area contributed by atoms with Crippen LogP contribution in [0.4, 0.5) is 0 Å². The van der Waals surface area contributed by atoms with E-state index in [0.29, 0.717) is 12.5 Å². The number of ether oxygens (including phenoxy) is 2. The van der Waals surface area contributed by atoms with E-state index in [0.717, 1.165) is 30.2 Å². The van der Waals surface area contributed by atoms with Gasteiger partial charge in [-0.05, 0) is 36.7 Å². The summed E-state index contributed by atoms with van der Waals surface area (Å²) in [6.45, 7) is 9.04. The minimum Gasteiger partial charge on any atom is -0.454 e. The first-order valence-electron chi connectivity index (χ1n) is 7.86. The van der Waals surface area contributed by atoms with Crippen LogP contribution in [0.15, 0.2) is 18.2 Å². The maximum Gasteiger partial charge on any atom is 0.231 e. The topological polar surface area (TPSA) is 59.6 Å². The molecule has 0 bridgehead atoms. The average molecular weight is 341 g/mol. The third-order valence-electron chi connectivity index (χ3n) is 4.79. The molecule has 0 radical (unpaired) electrons. The number of hydrogen-bond acceptors (Lipinski definition) is 4. The molecule has 3 rings (SSSR count). The molecule has 6 heteroatoms. The zero-order chi connectivity index (χ0) is 15.7. The van der Waals surface area contributed by atoms with Crippen molar-refractivity contribution in [1.29, 1.82) is 0 Å². The summed E-state index contributed by atoms with van der Waals surface area (Å²) in [5, 5.41) is 6.31. The molecule has 1 fully saturated rings. The lowest BCUT2D eigenvalue weighted by Crippen LogP contribution is -2.50. The number of amides is 1. The van der Waals surface area contributed by atoms with E-state index in [1.165, 1.54) is 0 Å². The van der Waals surface area contributed by atoms with Crippen molar-refractivity contribution in [3.05, 3.63) is 23.8 Å². The summed E-state index contributed by atoms with van der Waals surface area (Å²) in [7, 11) is 0. The first-order valence-corrected chi connectivity index (χ1v) is 7.86. The van der Waals surface area contributed by atoms with Crippen LogP contribution < -0.4 is 20.1 Å². The van der Waals surface area contributed by atoms with Crippen LogP contribution in [0.1, 0.15) is 26.3 Å². The summed E-state index contributed by atoms with van der Waals surface area (Å²) in [6, 6.07) is 5.98. The Morgan fingerprint density at radius 3 is 2.70 bits per heavy atom. The highest BCUT2D eigenvalue weighted by Gasteiger charge is 2.30. The second-order valence-electron chi connectivity index (χ2n) is 6.88. The number of fused-ring (bicyclic) bond motifs is 1. The van der Waals surface area contributed by atoms with Crippen LogP contribution >= 0.6 is 12.4 Å². The third kappa shape index (κ3) is 3.72. The van der Waals surface area contributed by atoms with Gasteiger partial charge in [-0.2, -0.15) is 0 Å². The number of rotatable bonds is 5. The van der Waals surface area contributed by atoms with Crippen LogP contribution in [0.25, 0.3) is 0 Å². The van der Waals surface area contributed by atoms with Crippen molar-refractivity contribution in [3.8, 4) is 11.5 Å². The first-order chi connectivity index (χ1) is 10.5. The zero-order valence-electron chi connectivity index (χ0n) is 13.8. The van der Waals surface area contributed by atoms with Crippen LogP contribution in [0.3, 0.4) is 0 Å². The SMILES string of the molecule is CC(C(=O)NCC(C)(C)c1ccc2c(c1)OCO2)C1CNC1.Cl. The highest BCUT2D eigenvalue weighted by Crippen LogP contribution is 2.36. The maximum absolute atomic E-state index is 12.3. The normalized spacial score (nSPS) is 17.9. The highest BCUT2D eigenvalue weighted by atomic mass is 35.5. The summed E-state index contributed by atoms with van der Waals surface area (Å²) < 4.78 is 10.8. The van der Waals surface area contributed by atoms with Gasteiger partial charge in [0.1, 0.15) is 0 Å². The van der Waals surface area contributed by atoms with Gasteiger partial charge in [-0.1, -0.05) is 26.8 Å². The summed E-state index contributed by atoms with van der Waals surface area (Å²) >= 11 is 0.